The molecular weight excluding hydrogens is 379 g/mol. The highest BCUT2D eigenvalue weighted by Gasteiger charge is 2.16. The molecule has 25 heavy (non-hydrogen) atoms. The molecule has 0 radical (unpaired) electrons. The maximum absolute atomic E-state index is 13.4. The van der Waals surface area contributed by atoms with Crippen LogP contribution in [0.5, 0.6) is 5.75 Å². The molecule has 1 amide bonds. The molecular formula is C16H11Cl2F2NO4. The standard InChI is InChI=1S/C16H11Cl2F2NO4/c1-24-15-10(17)4-8(5-11(15)18)16(23)25-7-14(22)21-13-6-9(19)2-3-12(13)20/h2-6H,7H2,1H3,(H,21,22). The summed E-state index contributed by atoms with van der Waals surface area (Å²) in [7, 11) is 1.36. The van der Waals surface area contributed by atoms with E-state index in [0.717, 1.165) is 18.2 Å². The Balaban J connectivity index is 2.00. The summed E-state index contributed by atoms with van der Waals surface area (Å²) >= 11 is 11.8. The number of carbonyl (C=O) groups excluding carboxylic acids is 2. The molecule has 0 fully saturated rings. The zero-order chi connectivity index (χ0) is 18.6. The molecule has 9 heteroatoms. The van der Waals surface area contributed by atoms with Crippen LogP contribution in [-0.4, -0.2) is 25.6 Å². The highest BCUT2D eigenvalue weighted by atomic mass is 35.5. The Labute approximate surface area is 151 Å². The number of amides is 1. The van der Waals surface area contributed by atoms with E-state index in [4.69, 9.17) is 32.7 Å². The quantitative estimate of drug-likeness (QED) is 0.782. The maximum atomic E-state index is 13.4. The van der Waals surface area contributed by atoms with Gasteiger partial charge < -0.3 is 14.8 Å². The van der Waals surface area contributed by atoms with Crippen LogP contribution >= 0.6 is 23.2 Å². The highest BCUT2D eigenvalue weighted by molar-refractivity contribution is 6.37. The smallest absolute Gasteiger partial charge is 0.338 e. The number of anilines is 1. The third-order valence-electron chi connectivity index (χ3n) is 2.97. The number of hydrogen-bond acceptors (Lipinski definition) is 4. The van der Waals surface area contributed by atoms with Gasteiger partial charge >= 0.3 is 5.97 Å². The van der Waals surface area contributed by atoms with Crippen LogP contribution in [0.2, 0.25) is 10.0 Å². The molecule has 0 aromatic heterocycles. The fourth-order valence-corrected chi connectivity index (χ4v) is 2.51. The van der Waals surface area contributed by atoms with E-state index in [2.05, 4.69) is 5.32 Å². The maximum Gasteiger partial charge on any atom is 0.338 e. The Morgan fingerprint density at radius 3 is 2.36 bits per heavy atom. The minimum Gasteiger partial charge on any atom is -0.494 e. The fraction of sp³-hybridized carbons (Fsp3) is 0.125. The lowest BCUT2D eigenvalue weighted by molar-refractivity contribution is -0.119. The van der Waals surface area contributed by atoms with Crippen LogP contribution in [0.15, 0.2) is 30.3 Å². The number of methoxy groups -OCH3 is 1. The molecule has 0 bridgehead atoms. The Morgan fingerprint density at radius 2 is 1.76 bits per heavy atom. The Morgan fingerprint density at radius 1 is 1.12 bits per heavy atom. The molecule has 1 N–H and O–H groups in total. The number of esters is 1. The molecule has 0 saturated carbocycles. The topological polar surface area (TPSA) is 64.6 Å². The normalized spacial score (nSPS) is 10.3. The molecule has 0 aliphatic carbocycles. The van der Waals surface area contributed by atoms with Crippen LogP contribution < -0.4 is 10.1 Å². The summed E-state index contributed by atoms with van der Waals surface area (Å²) < 4.78 is 36.2. The van der Waals surface area contributed by atoms with E-state index in [9.17, 15) is 18.4 Å². The number of ether oxygens (including phenoxy) is 2. The van der Waals surface area contributed by atoms with Crippen molar-refractivity contribution in [3.05, 3.63) is 57.6 Å². The molecule has 0 aliphatic rings. The number of nitrogens with one attached hydrogen (secondary N) is 1. The first-order valence-corrected chi connectivity index (χ1v) is 7.52. The van der Waals surface area contributed by atoms with Crippen molar-refractivity contribution in [1.29, 1.82) is 0 Å². The second-order valence-corrected chi connectivity index (χ2v) is 5.54. The van der Waals surface area contributed by atoms with Crippen molar-refractivity contribution in [3.63, 3.8) is 0 Å². The van der Waals surface area contributed by atoms with Gasteiger partial charge in [-0.05, 0) is 24.3 Å². The molecule has 0 heterocycles. The van der Waals surface area contributed by atoms with Gasteiger partial charge in [-0.1, -0.05) is 23.2 Å². The third-order valence-corrected chi connectivity index (χ3v) is 3.54. The lowest BCUT2D eigenvalue weighted by atomic mass is 10.2. The van der Waals surface area contributed by atoms with Crippen molar-refractivity contribution in [2.45, 2.75) is 0 Å². The lowest BCUT2D eigenvalue weighted by Crippen LogP contribution is -2.21. The number of rotatable bonds is 5. The fourth-order valence-electron chi connectivity index (χ4n) is 1.87. The Bertz CT molecular complexity index is 807. The molecule has 0 aliphatic heterocycles. The summed E-state index contributed by atoms with van der Waals surface area (Å²) in [6, 6.07) is 5.09. The molecule has 2 aromatic rings. The molecule has 2 rings (SSSR count). The SMILES string of the molecule is COc1c(Cl)cc(C(=O)OCC(=O)Nc2cc(F)ccc2F)cc1Cl. The van der Waals surface area contributed by atoms with E-state index < -0.39 is 30.1 Å². The van der Waals surface area contributed by atoms with Crippen molar-refractivity contribution >= 4 is 40.8 Å². The summed E-state index contributed by atoms with van der Waals surface area (Å²) in [6.07, 6.45) is 0. The van der Waals surface area contributed by atoms with Gasteiger partial charge in [-0.3, -0.25) is 4.79 Å². The van der Waals surface area contributed by atoms with Crippen molar-refractivity contribution in [2.75, 3.05) is 19.0 Å². The van der Waals surface area contributed by atoms with Gasteiger partial charge in [0.05, 0.1) is 28.4 Å². The van der Waals surface area contributed by atoms with Gasteiger partial charge in [-0.15, -0.1) is 0 Å². The lowest BCUT2D eigenvalue weighted by Gasteiger charge is -2.10. The van der Waals surface area contributed by atoms with Crippen LogP contribution in [0, 0.1) is 11.6 Å². The van der Waals surface area contributed by atoms with Gasteiger partial charge in [0.25, 0.3) is 5.91 Å². The first-order chi connectivity index (χ1) is 11.8. The van der Waals surface area contributed by atoms with Gasteiger partial charge in [-0.25, -0.2) is 13.6 Å². The van der Waals surface area contributed by atoms with Gasteiger partial charge in [0.2, 0.25) is 0 Å². The van der Waals surface area contributed by atoms with Gasteiger partial charge in [0, 0.05) is 6.07 Å². The molecule has 132 valence electrons. The van der Waals surface area contributed by atoms with E-state index in [0.29, 0.717) is 0 Å². The van der Waals surface area contributed by atoms with Crippen LogP contribution in [0.25, 0.3) is 0 Å². The Hall–Kier alpha value is -2.38. The first kappa shape index (κ1) is 19.0. The van der Waals surface area contributed by atoms with E-state index >= 15 is 0 Å². The summed E-state index contributed by atoms with van der Waals surface area (Å²) in [5.41, 5.74) is -0.364. The summed E-state index contributed by atoms with van der Waals surface area (Å²) in [5, 5.41) is 2.28. The zero-order valence-corrected chi connectivity index (χ0v) is 14.3. The van der Waals surface area contributed by atoms with Crippen LogP contribution in [0.4, 0.5) is 14.5 Å². The first-order valence-electron chi connectivity index (χ1n) is 6.77. The second kappa shape index (κ2) is 8.13. The molecule has 0 saturated heterocycles. The van der Waals surface area contributed by atoms with E-state index in [1.165, 1.54) is 19.2 Å². The van der Waals surface area contributed by atoms with Crippen LogP contribution in [0.3, 0.4) is 0 Å². The van der Waals surface area contributed by atoms with Crippen molar-refractivity contribution in [2.24, 2.45) is 0 Å². The largest absolute Gasteiger partial charge is 0.494 e. The predicted molar refractivity (Wildman–Crippen MR) is 88.3 cm³/mol. The number of hydrogen-bond donors (Lipinski definition) is 1. The monoisotopic (exact) mass is 389 g/mol. The molecule has 0 unspecified atom stereocenters. The van der Waals surface area contributed by atoms with E-state index in [-0.39, 0.29) is 27.0 Å². The van der Waals surface area contributed by atoms with Gasteiger partial charge in [0.1, 0.15) is 11.6 Å². The van der Waals surface area contributed by atoms with Crippen LogP contribution in [-0.2, 0) is 9.53 Å². The van der Waals surface area contributed by atoms with Gasteiger partial charge in [-0.2, -0.15) is 0 Å². The van der Waals surface area contributed by atoms with E-state index in [1.54, 1.807) is 0 Å². The predicted octanol–water partition coefficient (Wildman–Crippen LogP) is 4.08. The highest BCUT2D eigenvalue weighted by Crippen LogP contribution is 2.33. The van der Waals surface area contributed by atoms with Gasteiger partial charge in [0.15, 0.2) is 12.4 Å². The zero-order valence-electron chi connectivity index (χ0n) is 12.7. The molecule has 0 atom stereocenters. The van der Waals surface area contributed by atoms with Crippen molar-refractivity contribution in [1.82, 2.24) is 0 Å². The summed E-state index contributed by atoms with van der Waals surface area (Å²) in [6.45, 7) is -0.712. The van der Waals surface area contributed by atoms with E-state index in [1.807, 2.05) is 0 Å². The summed E-state index contributed by atoms with van der Waals surface area (Å²) in [5.74, 6) is -3.07. The number of benzene rings is 2. The summed E-state index contributed by atoms with van der Waals surface area (Å²) in [4.78, 5) is 23.6. The average Bonchev–Trinajstić information content (AvgIpc) is 2.55. The number of carbonyl (C=O) groups is 2. The Kier molecular flexibility index (Phi) is 6.17. The third kappa shape index (κ3) is 4.80. The van der Waals surface area contributed by atoms with Crippen LogP contribution in [0.1, 0.15) is 10.4 Å². The molecule has 0 spiro atoms. The minimum atomic E-state index is -0.874. The number of halogens is 4. The van der Waals surface area contributed by atoms with Crippen molar-refractivity contribution in [3.8, 4) is 5.75 Å². The van der Waals surface area contributed by atoms with Crippen molar-refractivity contribution < 1.29 is 27.8 Å². The minimum absolute atomic E-state index is 0.000496. The molecule has 2 aromatic carbocycles. The molecule has 5 nitrogen and oxygen atoms in total. The second-order valence-electron chi connectivity index (χ2n) is 4.72. The average molecular weight is 390 g/mol.